The minimum Gasteiger partial charge on any atom is -0.437 e. The lowest BCUT2D eigenvalue weighted by molar-refractivity contribution is 0.645. The number of fused-ring (bicyclic) bond motifs is 7. The van der Waals surface area contributed by atoms with E-state index in [0.717, 1.165) is 88.6 Å². The monoisotopic (exact) mass is 717 g/mol. The molecule has 0 saturated heterocycles. The van der Waals surface area contributed by atoms with Gasteiger partial charge in [0, 0.05) is 44.1 Å². The molecule has 0 aliphatic carbocycles. The molecule has 0 fully saturated rings. The highest BCUT2D eigenvalue weighted by Crippen LogP contribution is 2.44. The summed E-state index contributed by atoms with van der Waals surface area (Å²) in [5.74, 6) is 1.80. The van der Waals surface area contributed by atoms with Crippen LogP contribution in [0.25, 0.3) is 106 Å². The van der Waals surface area contributed by atoms with Crippen molar-refractivity contribution in [3.63, 3.8) is 0 Å². The van der Waals surface area contributed by atoms with E-state index in [4.69, 9.17) is 24.4 Å². The van der Waals surface area contributed by atoms with Crippen molar-refractivity contribution in [2.24, 2.45) is 0 Å². The fourth-order valence-corrected chi connectivity index (χ4v) is 7.84. The Hall–Kier alpha value is -7.70. The Bertz CT molecular complexity index is 3240. The summed E-state index contributed by atoms with van der Waals surface area (Å²) in [4.78, 5) is 20.4. The summed E-state index contributed by atoms with van der Waals surface area (Å²) < 4.78 is 9.23. The number of furan rings is 1. The minimum absolute atomic E-state index is 0.583. The molecule has 6 heteroatoms. The van der Waals surface area contributed by atoms with E-state index in [9.17, 15) is 0 Å². The molecule has 0 bridgehead atoms. The average molecular weight is 718 g/mol. The van der Waals surface area contributed by atoms with Crippen molar-refractivity contribution in [1.82, 2.24) is 24.5 Å². The standard InChI is InChI=1S/C50H31N5O/c1-4-16-32(17-5-1)35-22-14-23-36(30-35)48-52-47(34-20-8-3-9-21-34)53-49(54-48)37-24-15-25-38(31-37)55-42-29-13-11-27-40(42)44-43-39-26-10-12-28-41(39)51-45(46(43)56-50(44)55)33-18-6-2-7-19-33/h1-31H. The first-order valence-corrected chi connectivity index (χ1v) is 18.6. The molecule has 0 atom stereocenters. The molecule has 11 aromatic rings. The van der Waals surface area contributed by atoms with Crippen LogP contribution in [0.2, 0.25) is 0 Å². The first-order chi connectivity index (χ1) is 27.8. The molecule has 0 aliphatic heterocycles. The van der Waals surface area contributed by atoms with Crippen molar-refractivity contribution < 1.29 is 4.42 Å². The van der Waals surface area contributed by atoms with Gasteiger partial charge in [-0.2, -0.15) is 0 Å². The molecule has 6 nitrogen and oxygen atoms in total. The second-order valence-electron chi connectivity index (χ2n) is 13.9. The number of hydrogen-bond acceptors (Lipinski definition) is 5. The molecule has 0 spiro atoms. The van der Waals surface area contributed by atoms with Gasteiger partial charge < -0.3 is 4.42 Å². The zero-order valence-electron chi connectivity index (χ0n) is 30.0. The van der Waals surface area contributed by atoms with Crippen LogP contribution in [0.1, 0.15) is 0 Å². The predicted molar refractivity (Wildman–Crippen MR) is 226 cm³/mol. The predicted octanol–water partition coefficient (Wildman–Crippen LogP) is 12.6. The normalized spacial score (nSPS) is 11.6. The molecular weight excluding hydrogens is 687 g/mol. The zero-order chi connectivity index (χ0) is 37.0. The van der Waals surface area contributed by atoms with Gasteiger partial charge in [-0.3, -0.25) is 4.57 Å². The van der Waals surface area contributed by atoms with Gasteiger partial charge in [0.15, 0.2) is 23.1 Å². The summed E-state index contributed by atoms with van der Waals surface area (Å²) in [5, 5.41) is 4.28. The van der Waals surface area contributed by atoms with Crippen molar-refractivity contribution in [3.8, 4) is 62.2 Å². The number of aromatic nitrogens is 5. The van der Waals surface area contributed by atoms with E-state index in [1.165, 1.54) is 0 Å². The van der Waals surface area contributed by atoms with Crippen LogP contribution >= 0.6 is 0 Å². The topological polar surface area (TPSA) is 69.6 Å². The molecule has 4 aromatic heterocycles. The number of para-hydroxylation sites is 2. The quantitative estimate of drug-likeness (QED) is 0.171. The maximum absolute atomic E-state index is 7.02. The molecule has 11 rings (SSSR count). The third kappa shape index (κ3) is 5.27. The highest BCUT2D eigenvalue weighted by molar-refractivity contribution is 6.28. The highest BCUT2D eigenvalue weighted by Gasteiger charge is 2.24. The van der Waals surface area contributed by atoms with Gasteiger partial charge in [-0.25, -0.2) is 19.9 Å². The second kappa shape index (κ2) is 13.0. The number of benzene rings is 7. The van der Waals surface area contributed by atoms with Crippen molar-refractivity contribution >= 4 is 43.9 Å². The van der Waals surface area contributed by atoms with Crippen LogP contribution in [0, 0.1) is 0 Å². The zero-order valence-corrected chi connectivity index (χ0v) is 30.0. The summed E-state index contributed by atoms with van der Waals surface area (Å²) in [6.45, 7) is 0. The lowest BCUT2D eigenvalue weighted by Gasteiger charge is -2.11. The van der Waals surface area contributed by atoms with Crippen LogP contribution in [0.15, 0.2) is 192 Å². The third-order valence-electron chi connectivity index (χ3n) is 10.4. The number of hydrogen-bond donors (Lipinski definition) is 0. The molecule has 0 unspecified atom stereocenters. The third-order valence-corrected chi connectivity index (χ3v) is 10.4. The first-order valence-electron chi connectivity index (χ1n) is 18.6. The molecular formula is C50H31N5O. The van der Waals surface area contributed by atoms with Crippen molar-refractivity contribution in [1.29, 1.82) is 0 Å². The molecule has 0 radical (unpaired) electrons. The van der Waals surface area contributed by atoms with Gasteiger partial charge >= 0.3 is 0 Å². The van der Waals surface area contributed by atoms with Gasteiger partial charge in [0.2, 0.25) is 5.71 Å². The Morgan fingerprint density at radius 3 is 1.64 bits per heavy atom. The van der Waals surface area contributed by atoms with E-state index >= 15 is 0 Å². The first kappa shape index (κ1) is 31.8. The van der Waals surface area contributed by atoms with Gasteiger partial charge in [-0.1, -0.05) is 158 Å². The maximum atomic E-state index is 7.02. The summed E-state index contributed by atoms with van der Waals surface area (Å²) in [5.41, 5.74) is 11.2. The molecule has 0 aliphatic rings. The number of rotatable bonds is 6. The summed E-state index contributed by atoms with van der Waals surface area (Å²) in [7, 11) is 0. The Morgan fingerprint density at radius 2 is 0.911 bits per heavy atom. The summed E-state index contributed by atoms with van der Waals surface area (Å²) in [6, 6.07) is 64.3. The van der Waals surface area contributed by atoms with Gasteiger partial charge in [0.25, 0.3) is 0 Å². The Balaban J connectivity index is 1.13. The minimum atomic E-state index is 0.583. The fraction of sp³-hybridized carbons (Fsp3) is 0. The van der Waals surface area contributed by atoms with Gasteiger partial charge in [0.1, 0.15) is 5.69 Å². The SMILES string of the molecule is c1ccc(-c2cccc(-c3nc(-c4ccccc4)nc(-c4cccc(-n5c6ccccc6c6c7c(oc65)c(-c5ccccc5)nc5ccccc57)c4)n3)c2)cc1. The number of pyridine rings is 1. The van der Waals surface area contributed by atoms with E-state index in [2.05, 4.69) is 132 Å². The van der Waals surface area contributed by atoms with Gasteiger partial charge in [-0.05, 0) is 41.5 Å². The molecule has 7 aromatic carbocycles. The van der Waals surface area contributed by atoms with Crippen molar-refractivity contribution in [2.45, 2.75) is 0 Å². The summed E-state index contributed by atoms with van der Waals surface area (Å²) >= 11 is 0. The number of nitrogens with zero attached hydrogens (tertiary/aromatic N) is 5. The maximum Gasteiger partial charge on any atom is 0.213 e. The van der Waals surface area contributed by atoms with Crippen LogP contribution in [0.3, 0.4) is 0 Å². The Morgan fingerprint density at radius 1 is 0.375 bits per heavy atom. The molecule has 0 amide bonds. The largest absolute Gasteiger partial charge is 0.437 e. The molecule has 262 valence electrons. The second-order valence-corrected chi connectivity index (χ2v) is 13.9. The molecule has 56 heavy (non-hydrogen) atoms. The lowest BCUT2D eigenvalue weighted by atomic mass is 10.0. The Labute approximate surface area is 322 Å². The van der Waals surface area contributed by atoms with Crippen LogP contribution in [-0.4, -0.2) is 24.5 Å². The van der Waals surface area contributed by atoms with Crippen LogP contribution in [0.4, 0.5) is 0 Å². The highest BCUT2D eigenvalue weighted by atomic mass is 16.3. The fourth-order valence-electron chi connectivity index (χ4n) is 7.84. The van der Waals surface area contributed by atoms with E-state index in [-0.39, 0.29) is 0 Å². The smallest absolute Gasteiger partial charge is 0.213 e. The van der Waals surface area contributed by atoms with Gasteiger partial charge in [0.05, 0.1) is 16.4 Å². The molecule has 4 heterocycles. The van der Waals surface area contributed by atoms with Crippen LogP contribution in [-0.2, 0) is 0 Å². The summed E-state index contributed by atoms with van der Waals surface area (Å²) in [6.07, 6.45) is 0. The lowest BCUT2D eigenvalue weighted by Crippen LogP contribution is -2.01. The van der Waals surface area contributed by atoms with Crippen molar-refractivity contribution in [3.05, 3.63) is 188 Å². The molecule has 0 saturated carbocycles. The molecule has 0 N–H and O–H groups in total. The van der Waals surface area contributed by atoms with E-state index in [1.54, 1.807) is 0 Å². The van der Waals surface area contributed by atoms with Gasteiger partial charge in [-0.15, -0.1) is 0 Å². The average Bonchev–Trinajstić information content (AvgIpc) is 3.82. The van der Waals surface area contributed by atoms with E-state index in [1.807, 2.05) is 60.7 Å². The van der Waals surface area contributed by atoms with Crippen molar-refractivity contribution in [2.75, 3.05) is 0 Å². The van der Waals surface area contributed by atoms with E-state index < -0.39 is 0 Å². The Kier molecular flexibility index (Phi) is 7.38. The van der Waals surface area contributed by atoms with Crippen LogP contribution < -0.4 is 0 Å². The van der Waals surface area contributed by atoms with Crippen LogP contribution in [0.5, 0.6) is 0 Å². The van der Waals surface area contributed by atoms with E-state index in [0.29, 0.717) is 17.5 Å².